The van der Waals surface area contributed by atoms with Crippen LogP contribution in [0.15, 0.2) is 33.4 Å². The summed E-state index contributed by atoms with van der Waals surface area (Å²) in [5.74, 6) is 0.886. The molecule has 1 saturated heterocycles. The van der Waals surface area contributed by atoms with Crippen molar-refractivity contribution in [1.29, 1.82) is 0 Å². The lowest BCUT2D eigenvalue weighted by atomic mass is 10.2. The average molecular weight is 303 g/mol. The second-order valence-corrected chi connectivity index (χ2v) is 5.26. The van der Waals surface area contributed by atoms with Gasteiger partial charge in [-0.2, -0.15) is 0 Å². The first-order valence-corrected chi connectivity index (χ1v) is 7.16. The number of carbonyl (C=O) groups excluding carboxylic acids is 2. The standard InChI is InChI=1S/C15H17N3O4/c1-11-9-12(16-22-11)10-14(19)17-4-6-18(7-5-17)15(20)13-3-2-8-21-13/h2-3,8-9H,4-7,10H2,1H3. The molecule has 3 heterocycles. The van der Waals surface area contributed by atoms with Crippen LogP contribution in [-0.4, -0.2) is 52.9 Å². The van der Waals surface area contributed by atoms with Crippen LogP contribution in [-0.2, 0) is 11.2 Å². The van der Waals surface area contributed by atoms with Crippen LogP contribution in [0.2, 0.25) is 0 Å². The maximum atomic E-state index is 12.2. The van der Waals surface area contributed by atoms with Gasteiger partial charge in [0.05, 0.1) is 18.4 Å². The molecule has 116 valence electrons. The van der Waals surface area contributed by atoms with E-state index in [-0.39, 0.29) is 18.2 Å². The number of aromatic nitrogens is 1. The molecule has 7 nitrogen and oxygen atoms in total. The minimum atomic E-state index is -0.135. The second kappa shape index (κ2) is 6.05. The molecule has 3 rings (SSSR count). The highest BCUT2D eigenvalue weighted by molar-refractivity contribution is 5.91. The molecule has 1 aliphatic heterocycles. The third-order valence-corrected chi connectivity index (χ3v) is 3.66. The Bertz CT molecular complexity index is 654. The summed E-state index contributed by atoms with van der Waals surface area (Å²) in [5, 5.41) is 3.83. The molecular formula is C15H17N3O4. The first kappa shape index (κ1) is 14.4. The van der Waals surface area contributed by atoms with Crippen LogP contribution in [0, 0.1) is 6.92 Å². The fraction of sp³-hybridized carbons (Fsp3) is 0.400. The highest BCUT2D eigenvalue weighted by atomic mass is 16.5. The third kappa shape index (κ3) is 3.03. The Morgan fingerprint density at radius 3 is 2.55 bits per heavy atom. The molecule has 0 aliphatic carbocycles. The molecule has 0 radical (unpaired) electrons. The van der Waals surface area contributed by atoms with E-state index < -0.39 is 0 Å². The maximum absolute atomic E-state index is 12.2. The van der Waals surface area contributed by atoms with E-state index >= 15 is 0 Å². The summed E-state index contributed by atoms with van der Waals surface area (Å²) >= 11 is 0. The van der Waals surface area contributed by atoms with Gasteiger partial charge in [-0.05, 0) is 19.1 Å². The van der Waals surface area contributed by atoms with Crippen molar-refractivity contribution in [2.24, 2.45) is 0 Å². The summed E-state index contributed by atoms with van der Waals surface area (Å²) < 4.78 is 10.1. The maximum Gasteiger partial charge on any atom is 0.289 e. The Labute approximate surface area is 127 Å². The fourth-order valence-electron chi connectivity index (χ4n) is 2.48. The van der Waals surface area contributed by atoms with Gasteiger partial charge in [0.2, 0.25) is 5.91 Å². The van der Waals surface area contributed by atoms with Crippen LogP contribution in [0.4, 0.5) is 0 Å². The predicted octanol–water partition coefficient (Wildman–Crippen LogP) is 1.10. The molecule has 1 aliphatic rings. The van der Waals surface area contributed by atoms with Crippen LogP contribution < -0.4 is 0 Å². The quantitative estimate of drug-likeness (QED) is 0.848. The van der Waals surface area contributed by atoms with Crippen molar-refractivity contribution >= 4 is 11.8 Å². The molecule has 2 aromatic heterocycles. The summed E-state index contributed by atoms with van der Waals surface area (Å²) in [4.78, 5) is 27.8. The van der Waals surface area contributed by atoms with Gasteiger partial charge in [-0.25, -0.2) is 0 Å². The summed E-state index contributed by atoms with van der Waals surface area (Å²) in [6.07, 6.45) is 1.70. The molecule has 2 aromatic rings. The van der Waals surface area contributed by atoms with Crippen molar-refractivity contribution in [2.75, 3.05) is 26.2 Å². The van der Waals surface area contributed by atoms with Gasteiger partial charge in [-0.1, -0.05) is 5.16 Å². The number of aryl methyl sites for hydroxylation is 1. The SMILES string of the molecule is Cc1cc(CC(=O)N2CCN(C(=O)c3ccco3)CC2)no1. The Hall–Kier alpha value is -2.57. The van der Waals surface area contributed by atoms with Crippen LogP contribution in [0.5, 0.6) is 0 Å². The number of hydrogen-bond donors (Lipinski definition) is 0. The molecule has 0 saturated carbocycles. The molecule has 0 atom stereocenters. The number of furan rings is 1. The lowest BCUT2D eigenvalue weighted by Crippen LogP contribution is -2.50. The Balaban J connectivity index is 1.53. The van der Waals surface area contributed by atoms with Crippen LogP contribution in [0.1, 0.15) is 22.0 Å². The van der Waals surface area contributed by atoms with Crippen molar-refractivity contribution in [3.05, 3.63) is 41.7 Å². The van der Waals surface area contributed by atoms with E-state index in [4.69, 9.17) is 8.94 Å². The first-order valence-electron chi connectivity index (χ1n) is 7.16. The molecule has 1 fully saturated rings. The van der Waals surface area contributed by atoms with Gasteiger partial charge in [0.25, 0.3) is 5.91 Å². The summed E-state index contributed by atoms with van der Waals surface area (Å²) in [6.45, 7) is 3.83. The average Bonchev–Trinajstić information content (AvgIpc) is 3.18. The molecule has 22 heavy (non-hydrogen) atoms. The molecule has 2 amide bonds. The zero-order chi connectivity index (χ0) is 15.5. The number of nitrogens with zero attached hydrogens (tertiary/aromatic N) is 3. The zero-order valence-corrected chi connectivity index (χ0v) is 12.3. The van der Waals surface area contributed by atoms with Crippen LogP contribution in [0.25, 0.3) is 0 Å². The molecular weight excluding hydrogens is 286 g/mol. The van der Waals surface area contributed by atoms with Gasteiger partial charge in [-0.3, -0.25) is 9.59 Å². The number of amides is 2. The Kier molecular flexibility index (Phi) is 3.95. The van der Waals surface area contributed by atoms with Gasteiger partial charge in [-0.15, -0.1) is 0 Å². The number of hydrogen-bond acceptors (Lipinski definition) is 5. The topological polar surface area (TPSA) is 79.8 Å². The molecule has 7 heteroatoms. The van der Waals surface area contributed by atoms with Crippen molar-refractivity contribution in [3.63, 3.8) is 0 Å². The Morgan fingerprint density at radius 2 is 1.95 bits per heavy atom. The van der Waals surface area contributed by atoms with E-state index in [2.05, 4.69) is 5.16 Å². The minimum Gasteiger partial charge on any atom is -0.459 e. The smallest absolute Gasteiger partial charge is 0.289 e. The summed E-state index contributed by atoms with van der Waals surface area (Å²) in [7, 11) is 0. The van der Waals surface area contributed by atoms with Gasteiger partial charge >= 0.3 is 0 Å². The van der Waals surface area contributed by atoms with Gasteiger partial charge in [0.1, 0.15) is 5.76 Å². The number of rotatable bonds is 3. The van der Waals surface area contributed by atoms with Crippen molar-refractivity contribution < 1.29 is 18.5 Å². The highest BCUT2D eigenvalue weighted by Crippen LogP contribution is 2.11. The van der Waals surface area contributed by atoms with Gasteiger partial charge in [0.15, 0.2) is 5.76 Å². The number of carbonyl (C=O) groups is 2. The molecule has 0 aromatic carbocycles. The largest absolute Gasteiger partial charge is 0.459 e. The summed E-state index contributed by atoms with van der Waals surface area (Å²) in [5.41, 5.74) is 0.636. The predicted molar refractivity (Wildman–Crippen MR) is 76.1 cm³/mol. The lowest BCUT2D eigenvalue weighted by molar-refractivity contribution is -0.132. The monoisotopic (exact) mass is 303 g/mol. The van der Waals surface area contributed by atoms with Crippen molar-refractivity contribution in [2.45, 2.75) is 13.3 Å². The Morgan fingerprint density at radius 1 is 1.23 bits per heavy atom. The van der Waals surface area contributed by atoms with E-state index in [0.29, 0.717) is 43.4 Å². The molecule has 0 bridgehead atoms. The third-order valence-electron chi connectivity index (χ3n) is 3.66. The van der Waals surface area contributed by atoms with E-state index in [1.54, 1.807) is 34.9 Å². The minimum absolute atomic E-state index is 0.00148. The van der Waals surface area contributed by atoms with Crippen molar-refractivity contribution in [1.82, 2.24) is 15.0 Å². The van der Waals surface area contributed by atoms with E-state index in [1.807, 2.05) is 0 Å². The summed E-state index contributed by atoms with van der Waals surface area (Å²) in [6, 6.07) is 5.09. The van der Waals surface area contributed by atoms with E-state index in [9.17, 15) is 9.59 Å². The highest BCUT2D eigenvalue weighted by Gasteiger charge is 2.26. The second-order valence-electron chi connectivity index (χ2n) is 5.26. The normalized spacial score (nSPS) is 15.1. The zero-order valence-electron chi connectivity index (χ0n) is 12.3. The lowest BCUT2D eigenvalue weighted by Gasteiger charge is -2.34. The first-order chi connectivity index (χ1) is 10.6. The van der Waals surface area contributed by atoms with E-state index in [1.165, 1.54) is 6.26 Å². The fourth-order valence-corrected chi connectivity index (χ4v) is 2.48. The van der Waals surface area contributed by atoms with Crippen molar-refractivity contribution in [3.8, 4) is 0 Å². The molecule has 0 N–H and O–H groups in total. The van der Waals surface area contributed by atoms with Gasteiger partial charge in [0, 0.05) is 32.2 Å². The van der Waals surface area contributed by atoms with E-state index in [0.717, 1.165) is 0 Å². The molecule has 0 unspecified atom stereocenters. The van der Waals surface area contributed by atoms with Crippen LogP contribution in [0.3, 0.4) is 0 Å². The van der Waals surface area contributed by atoms with Gasteiger partial charge < -0.3 is 18.7 Å². The molecule has 0 spiro atoms. The number of piperazine rings is 1. The van der Waals surface area contributed by atoms with Crippen LogP contribution >= 0.6 is 0 Å².